The summed E-state index contributed by atoms with van der Waals surface area (Å²) in [6.45, 7) is 8.20. The minimum absolute atomic E-state index is 0.703. The zero-order valence-corrected chi connectivity index (χ0v) is 13.5. The fourth-order valence-electron chi connectivity index (χ4n) is 3.17. The van der Waals surface area contributed by atoms with Gasteiger partial charge in [-0.3, -0.25) is 0 Å². The van der Waals surface area contributed by atoms with Gasteiger partial charge in [0.05, 0.1) is 12.2 Å². The van der Waals surface area contributed by atoms with Gasteiger partial charge in [-0.25, -0.2) is 0 Å². The number of aliphatic hydroxyl groups is 1. The zero-order valence-electron chi connectivity index (χ0n) is 13.5. The SMILES string of the molecule is CCCOc1ccccc1C1(O)CCCN(CCC)CC1. The monoisotopic (exact) mass is 291 g/mol. The Bertz CT molecular complexity index is 435. The molecular weight excluding hydrogens is 262 g/mol. The quantitative estimate of drug-likeness (QED) is 0.870. The molecule has 0 aromatic heterocycles. The van der Waals surface area contributed by atoms with Crippen LogP contribution >= 0.6 is 0 Å². The summed E-state index contributed by atoms with van der Waals surface area (Å²) in [5.74, 6) is 0.853. The van der Waals surface area contributed by atoms with Gasteiger partial charge in [-0.15, -0.1) is 0 Å². The number of rotatable bonds is 6. The van der Waals surface area contributed by atoms with Crippen LogP contribution in [0.15, 0.2) is 24.3 Å². The first kappa shape index (κ1) is 16.3. The Balaban J connectivity index is 2.15. The summed E-state index contributed by atoms with van der Waals surface area (Å²) >= 11 is 0. The van der Waals surface area contributed by atoms with Crippen LogP contribution in [0, 0.1) is 0 Å². The number of hydrogen-bond donors (Lipinski definition) is 1. The molecule has 1 N–H and O–H groups in total. The maximum atomic E-state index is 11.2. The van der Waals surface area contributed by atoms with E-state index in [0.717, 1.165) is 56.6 Å². The fourth-order valence-corrected chi connectivity index (χ4v) is 3.17. The lowest BCUT2D eigenvalue weighted by Crippen LogP contribution is -2.30. The van der Waals surface area contributed by atoms with Crippen molar-refractivity contribution in [2.45, 2.75) is 51.6 Å². The van der Waals surface area contributed by atoms with Gasteiger partial charge in [-0.1, -0.05) is 32.0 Å². The lowest BCUT2D eigenvalue weighted by atomic mass is 9.86. The van der Waals surface area contributed by atoms with Crippen molar-refractivity contribution in [2.24, 2.45) is 0 Å². The number of likely N-dealkylation sites (tertiary alicyclic amines) is 1. The van der Waals surface area contributed by atoms with Gasteiger partial charge in [0, 0.05) is 12.1 Å². The van der Waals surface area contributed by atoms with Gasteiger partial charge in [0.25, 0.3) is 0 Å². The van der Waals surface area contributed by atoms with Crippen molar-refractivity contribution < 1.29 is 9.84 Å². The molecule has 118 valence electrons. The van der Waals surface area contributed by atoms with Gasteiger partial charge in [0.2, 0.25) is 0 Å². The summed E-state index contributed by atoms with van der Waals surface area (Å²) in [5.41, 5.74) is 0.226. The second kappa shape index (κ2) is 7.81. The molecule has 3 nitrogen and oxygen atoms in total. The molecule has 0 aliphatic carbocycles. The summed E-state index contributed by atoms with van der Waals surface area (Å²) in [6.07, 6.45) is 4.81. The third kappa shape index (κ3) is 4.21. The number of ether oxygens (including phenoxy) is 1. The molecule has 0 saturated carbocycles. The molecule has 0 radical (unpaired) electrons. The molecule has 1 unspecified atom stereocenters. The zero-order chi connectivity index (χ0) is 15.1. The van der Waals surface area contributed by atoms with E-state index in [1.165, 1.54) is 6.42 Å². The van der Waals surface area contributed by atoms with E-state index in [2.05, 4.69) is 18.7 Å². The first-order chi connectivity index (χ1) is 10.2. The Kier molecular flexibility index (Phi) is 6.07. The second-order valence-corrected chi connectivity index (χ2v) is 6.07. The summed E-state index contributed by atoms with van der Waals surface area (Å²) in [5, 5.41) is 11.2. The van der Waals surface area contributed by atoms with Crippen LogP contribution in [0.25, 0.3) is 0 Å². The smallest absolute Gasteiger partial charge is 0.125 e. The van der Waals surface area contributed by atoms with Crippen molar-refractivity contribution in [1.29, 1.82) is 0 Å². The normalized spacial score (nSPS) is 23.8. The predicted molar refractivity (Wildman–Crippen MR) is 86.7 cm³/mol. The van der Waals surface area contributed by atoms with Crippen LogP contribution in [-0.4, -0.2) is 36.2 Å². The van der Waals surface area contributed by atoms with Crippen molar-refractivity contribution in [3.8, 4) is 5.75 Å². The van der Waals surface area contributed by atoms with Gasteiger partial charge < -0.3 is 14.7 Å². The summed E-state index contributed by atoms with van der Waals surface area (Å²) < 4.78 is 5.85. The molecule has 1 heterocycles. The van der Waals surface area contributed by atoms with E-state index in [0.29, 0.717) is 6.61 Å². The average molecular weight is 291 g/mol. The van der Waals surface area contributed by atoms with Crippen LogP contribution in [0.5, 0.6) is 5.75 Å². The highest BCUT2D eigenvalue weighted by molar-refractivity contribution is 5.38. The first-order valence-corrected chi connectivity index (χ1v) is 8.36. The van der Waals surface area contributed by atoms with Gasteiger partial charge in [-0.2, -0.15) is 0 Å². The van der Waals surface area contributed by atoms with E-state index >= 15 is 0 Å². The molecule has 1 aliphatic rings. The highest BCUT2D eigenvalue weighted by Gasteiger charge is 2.34. The third-order valence-corrected chi connectivity index (χ3v) is 4.30. The number of para-hydroxylation sites is 1. The summed E-state index contributed by atoms with van der Waals surface area (Å²) in [6, 6.07) is 8.00. The molecule has 2 rings (SSSR count). The van der Waals surface area contributed by atoms with E-state index in [1.54, 1.807) is 0 Å². The van der Waals surface area contributed by atoms with E-state index < -0.39 is 5.60 Å². The van der Waals surface area contributed by atoms with Crippen LogP contribution in [0.3, 0.4) is 0 Å². The molecule has 1 aromatic carbocycles. The Morgan fingerprint density at radius 2 is 1.95 bits per heavy atom. The van der Waals surface area contributed by atoms with E-state index in [-0.39, 0.29) is 0 Å². The molecule has 1 atom stereocenters. The van der Waals surface area contributed by atoms with Gasteiger partial charge >= 0.3 is 0 Å². The molecule has 1 fully saturated rings. The lowest BCUT2D eigenvalue weighted by molar-refractivity contribution is 0.0184. The van der Waals surface area contributed by atoms with E-state index in [9.17, 15) is 5.11 Å². The predicted octanol–water partition coefficient (Wildman–Crippen LogP) is 3.56. The maximum Gasteiger partial charge on any atom is 0.125 e. The average Bonchev–Trinajstić information content (AvgIpc) is 2.69. The van der Waals surface area contributed by atoms with Crippen LogP contribution in [0.2, 0.25) is 0 Å². The van der Waals surface area contributed by atoms with Crippen LogP contribution in [0.1, 0.15) is 51.5 Å². The van der Waals surface area contributed by atoms with E-state index in [4.69, 9.17) is 4.74 Å². The Morgan fingerprint density at radius 1 is 1.14 bits per heavy atom. The topological polar surface area (TPSA) is 32.7 Å². The standard InChI is InChI=1S/C18H29NO2/c1-3-12-19-13-7-10-18(20,11-14-19)16-8-5-6-9-17(16)21-15-4-2/h5-6,8-9,20H,3-4,7,10-15H2,1-2H3. The van der Waals surface area contributed by atoms with Crippen molar-refractivity contribution in [2.75, 3.05) is 26.2 Å². The summed E-state index contributed by atoms with van der Waals surface area (Å²) in [7, 11) is 0. The molecule has 0 spiro atoms. The van der Waals surface area contributed by atoms with E-state index in [1.807, 2.05) is 24.3 Å². The molecule has 21 heavy (non-hydrogen) atoms. The van der Waals surface area contributed by atoms with Crippen LogP contribution < -0.4 is 4.74 Å². The largest absolute Gasteiger partial charge is 0.493 e. The van der Waals surface area contributed by atoms with Gasteiger partial charge in [0.1, 0.15) is 5.75 Å². The van der Waals surface area contributed by atoms with Crippen molar-refractivity contribution in [3.05, 3.63) is 29.8 Å². The Labute approximate surface area is 128 Å². The third-order valence-electron chi connectivity index (χ3n) is 4.30. The molecule has 0 bridgehead atoms. The number of hydrogen-bond acceptors (Lipinski definition) is 3. The molecule has 1 saturated heterocycles. The van der Waals surface area contributed by atoms with Gasteiger partial charge in [-0.05, 0) is 51.3 Å². The molecule has 3 heteroatoms. The molecule has 0 amide bonds. The molecule has 1 aliphatic heterocycles. The number of benzene rings is 1. The highest BCUT2D eigenvalue weighted by atomic mass is 16.5. The minimum atomic E-state index is -0.743. The fraction of sp³-hybridized carbons (Fsp3) is 0.667. The Morgan fingerprint density at radius 3 is 2.71 bits per heavy atom. The van der Waals surface area contributed by atoms with Gasteiger partial charge in [0.15, 0.2) is 0 Å². The maximum absolute atomic E-state index is 11.2. The minimum Gasteiger partial charge on any atom is -0.493 e. The summed E-state index contributed by atoms with van der Waals surface area (Å²) in [4.78, 5) is 2.47. The Hall–Kier alpha value is -1.06. The van der Waals surface area contributed by atoms with Crippen molar-refractivity contribution in [3.63, 3.8) is 0 Å². The first-order valence-electron chi connectivity index (χ1n) is 8.36. The number of nitrogens with zero attached hydrogens (tertiary/aromatic N) is 1. The van der Waals surface area contributed by atoms with Crippen LogP contribution in [0.4, 0.5) is 0 Å². The lowest BCUT2D eigenvalue weighted by Gasteiger charge is -2.29. The second-order valence-electron chi connectivity index (χ2n) is 6.07. The van der Waals surface area contributed by atoms with Crippen LogP contribution in [-0.2, 0) is 5.60 Å². The van der Waals surface area contributed by atoms with Crippen molar-refractivity contribution >= 4 is 0 Å². The molecular formula is C18H29NO2. The van der Waals surface area contributed by atoms with Crippen molar-refractivity contribution in [1.82, 2.24) is 4.90 Å². The highest BCUT2D eigenvalue weighted by Crippen LogP contribution is 2.38. The molecule has 1 aromatic rings.